The van der Waals surface area contributed by atoms with E-state index in [0.717, 1.165) is 17.9 Å². The fourth-order valence-corrected chi connectivity index (χ4v) is 2.60. The van der Waals surface area contributed by atoms with Crippen LogP contribution in [0.1, 0.15) is 12.6 Å². The molecule has 0 atom stereocenters. The van der Waals surface area contributed by atoms with E-state index in [1.165, 1.54) is 4.90 Å². The van der Waals surface area contributed by atoms with E-state index < -0.39 is 6.09 Å². The summed E-state index contributed by atoms with van der Waals surface area (Å²) in [7, 11) is 0. The van der Waals surface area contributed by atoms with E-state index in [2.05, 4.69) is 25.9 Å². The summed E-state index contributed by atoms with van der Waals surface area (Å²) in [5.74, 6) is 0.989. The molecule has 2 amide bonds. The standard InChI is InChI=1S/C18H22N6O3/c1-3-19-17-20-12(2)10-15(23-17)21-13-4-6-14(7-5-13)22-16(25)11-24-8-9-27-18(24)26/h4-7,10H,3,8-9,11H2,1-2H3,(H,22,25)(H2,19,20,21,23). The smallest absolute Gasteiger partial charge is 0.410 e. The lowest BCUT2D eigenvalue weighted by Crippen LogP contribution is -2.33. The molecule has 1 saturated heterocycles. The highest BCUT2D eigenvalue weighted by Gasteiger charge is 2.23. The average Bonchev–Trinajstić information content (AvgIpc) is 3.01. The monoisotopic (exact) mass is 370 g/mol. The van der Waals surface area contributed by atoms with Crippen molar-refractivity contribution in [2.45, 2.75) is 13.8 Å². The molecule has 0 saturated carbocycles. The van der Waals surface area contributed by atoms with Gasteiger partial charge in [0.25, 0.3) is 0 Å². The molecule has 1 aliphatic rings. The van der Waals surface area contributed by atoms with Crippen LogP contribution in [0, 0.1) is 6.92 Å². The summed E-state index contributed by atoms with van der Waals surface area (Å²) in [5, 5.41) is 9.07. The molecule has 0 unspecified atom stereocenters. The van der Waals surface area contributed by atoms with Gasteiger partial charge in [-0.3, -0.25) is 9.69 Å². The molecule has 2 heterocycles. The Morgan fingerprint density at radius 1 is 1.22 bits per heavy atom. The molecule has 142 valence electrons. The number of carbonyl (C=O) groups excluding carboxylic acids is 2. The summed E-state index contributed by atoms with van der Waals surface area (Å²) in [6.45, 7) is 5.37. The van der Waals surface area contributed by atoms with Gasteiger partial charge in [-0.15, -0.1) is 0 Å². The molecule has 0 radical (unpaired) electrons. The number of aromatic nitrogens is 2. The lowest BCUT2D eigenvalue weighted by molar-refractivity contribution is -0.116. The van der Waals surface area contributed by atoms with E-state index in [0.29, 0.717) is 30.6 Å². The van der Waals surface area contributed by atoms with Gasteiger partial charge in [-0.25, -0.2) is 9.78 Å². The largest absolute Gasteiger partial charge is 0.448 e. The number of anilines is 4. The van der Waals surface area contributed by atoms with Gasteiger partial charge >= 0.3 is 6.09 Å². The number of rotatable bonds is 7. The Kier molecular flexibility index (Phi) is 5.70. The maximum absolute atomic E-state index is 12.0. The zero-order valence-electron chi connectivity index (χ0n) is 15.3. The van der Waals surface area contributed by atoms with Gasteiger partial charge in [0.2, 0.25) is 11.9 Å². The maximum Gasteiger partial charge on any atom is 0.410 e. The van der Waals surface area contributed by atoms with Gasteiger partial charge in [0.15, 0.2) is 0 Å². The molecule has 0 aliphatic carbocycles. The molecule has 27 heavy (non-hydrogen) atoms. The Morgan fingerprint density at radius 2 is 1.96 bits per heavy atom. The highest BCUT2D eigenvalue weighted by molar-refractivity contribution is 5.94. The first-order chi connectivity index (χ1) is 13.0. The third-order valence-electron chi connectivity index (χ3n) is 3.81. The molecule has 2 aromatic rings. The van der Waals surface area contributed by atoms with Gasteiger partial charge in [-0.1, -0.05) is 0 Å². The second-order valence-electron chi connectivity index (χ2n) is 6.03. The Balaban J connectivity index is 1.58. The highest BCUT2D eigenvalue weighted by atomic mass is 16.6. The van der Waals surface area contributed by atoms with Crippen LogP contribution in [0.3, 0.4) is 0 Å². The van der Waals surface area contributed by atoms with Crippen molar-refractivity contribution in [3.63, 3.8) is 0 Å². The van der Waals surface area contributed by atoms with Crippen molar-refractivity contribution >= 4 is 35.1 Å². The van der Waals surface area contributed by atoms with E-state index in [9.17, 15) is 9.59 Å². The Labute approximate surface area is 157 Å². The topological polar surface area (TPSA) is 108 Å². The Morgan fingerprint density at radius 3 is 2.63 bits per heavy atom. The zero-order chi connectivity index (χ0) is 19.2. The number of carbonyl (C=O) groups is 2. The number of amides is 2. The van der Waals surface area contributed by atoms with Crippen molar-refractivity contribution in [1.29, 1.82) is 0 Å². The number of hydrogen-bond donors (Lipinski definition) is 3. The van der Waals surface area contributed by atoms with Crippen LogP contribution in [0.2, 0.25) is 0 Å². The van der Waals surface area contributed by atoms with Crippen LogP contribution < -0.4 is 16.0 Å². The molecular formula is C18H22N6O3. The Bertz CT molecular complexity index is 824. The average molecular weight is 370 g/mol. The highest BCUT2D eigenvalue weighted by Crippen LogP contribution is 2.19. The van der Waals surface area contributed by atoms with Crippen molar-refractivity contribution < 1.29 is 14.3 Å². The second-order valence-corrected chi connectivity index (χ2v) is 6.03. The second kappa shape index (κ2) is 8.35. The fraction of sp³-hybridized carbons (Fsp3) is 0.333. The summed E-state index contributed by atoms with van der Waals surface area (Å²) in [6.07, 6.45) is -0.457. The minimum Gasteiger partial charge on any atom is -0.448 e. The SMILES string of the molecule is CCNc1nc(C)cc(Nc2ccc(NC(=O)CN3CCOC3=O)cc2)n1. The lowest BCUT2D eigenvalue weighted by atomic mass is 10.2. The van der Waals surface area contributed by atoms with Crippen molar-refractivity contribution in [1.82, 2.24) is 14.9 Å². The van der Waals surface area contributed by atoms with Crippen LogP contribution in [-0.2, 0) is 9.53 Å². The number of benzene rings is 1. The number of nitrogens with zero attached hydrogens (tertiary/aromatic N) is 3. The summed E-state index contributed by atoms with van der Waals surface area (Å²) in [5.41, 5.74) is 2.33. The molecule has 0 spiro atoms. The molecule has 1 aromatic carbocycles. The van der Waals surface area contributed by atoms with E-state index in [4.69, 9.17) is 4.74 Å². The van der Waals surface area contributed by atoms with Crippen molar-refractivity contribution in [3.05, 3.63) is 36.0 Å². The first-order valence-corrected chi connectivity index (χ1v) is 8.71. The number of hydrogen-bond acceptors (Lipinski definition) is 7. The van der Waals surface area contributed by atoms with Gasteiger partial charge in [-0.05, 0) is 38.1 Å². The molecule has 3 N–H and O–H groups in total. The Hall–Kier alpha value is -3.36. The van der Waals surface area contributed by atoms with Gasteiger partial charge in [0, 0.05) is 29.7 Å². The minimum atomic E-state index is -0.457. The first kappa shape index (κ1) is 18.4. The lowest BCUT2D eigenvalue weighted by Gasteiger charge is -2.13. The fourth-order valence-electron chi connectivity index (χ4n) is 2.60. The summed E-state index contributed by atoms with van der Waals surface area (Å²) < 4.78 is 4.80. The van der Waals surface area contributed by atoms with E-state index in [-0.39, 0.29) is 12.5 Å². The van der Waals surface area contributed by atoms with Gasteiger partial charge < -0.3 is 20.7 Å². The predicted molar refractivity (Wildman–Crippen MR) is 102 cm³/mol. The molecule has 9 nitrogen and oxygen atoms in total. The van der Waals surface area contributed by atoms with Gasteiger partial charge in [0.05, 0.1) is 6.54 Å². The summed E-state index contributed by atoms with van der Waals surface area (Å²) in [6, 6.07) is 9.09. The summed E-state index contributed by atoms with van der Waals surface area (Å²) >= 11 is 0. The van der Waals surface area contributed by atoms with Crippen LogP contribution in [0.25, 0.3) is 0 Å². The maximum atomic E-state index is 12.0. The van der Waals surface area contributed by atoms with Crippen molar-refractivity contribution in [2.75, 3.05) is 42.2 Å². The molecule has 1 aliphatic heterocycles. The molecule has 9 heteroatoms. The molecule has 1 fully saturated rings. The molecular weight excluding hydrogens is 348 g/mol. The van der Waals surface area contributed by atoms with Crippen LogP contribution in [0.5, 0.6) is 0 Å². The number of nitrogens with one attached hydrogen (secondary N) is 3. The van der Waals surface area contributed by atoms with Crippen molar-refractivity contribution in [3.8, 4) is 0 Å². The van der Waals surface area contributed by atoms with Crippen LogP contribution in [0.15, 0.2) is 30.3 Å². The van der Waals surface area contributed by atoms with Gasteiger partial charge in [0.1, 0.15) is 19.0 Å². The van der Waals surface area contributed by atoms with E-state index >= 15 is 0 Å². The van der Waals surface area contributed by atoms with Crippen LogP contribution in [0.4, 0.5) is 27.9 Å². The third-order valence-corrected chi connectivity index (χ3v) is 3.81. The van der Waals surface area contributed by atoms with Crippen LogP contribution in [-0.4, -0.2) is 53.1 Å². The zero-order valence-corrected chi connectivity index (χ0v) is 15.3. The first-order valence-electron chi connectivity index (χ1n) is 8.71. The van der Waals surface area contributed by atoms with Crippen molar-refractivity contribution in [2.24, 2.45) is 0 Å². The quantitative estimate of drug-likeness (QED) is 0.686. The minimum absolute atomic E-state index is 0.0216. The van der Waals surface area contributed by atoms with Gasteiger partial charge in [-0.2, -0.15) is 4.98 Å². The molecule has 0 bridgehead atoms. The number of ether oxygens (including phenoxy) is 1. The predicted octanol–water partition coefficient (Wildman–Crippen LogP) is 2.35. The number of cyclic esters (lactones) is 1. The molecule has 1 aromatic heterocycles. The van der Waals surface area contributed by atoms with E-state index in [1.54, 1.807) is 12.1 Å². The number of aryl methyl sites for hydroxylation is 1. The summed E-state index contributed by atoms with van der Waals surface area (Å²) in [4.78, 5) is 33.5. The van der Waals surface area contributed by atoms with E-state index in [1.807, 2.05) is 32.0 Å². The third kappa shape index (κ3) is 5.06. The molecule has 3 rings (SSSR count). The normalized spacial score (nSPS) is 13.3. The van der Waals surface area contributed by atoms with Crippen LogP contribution >= 0.6 is 0 Å².